The van der Waals surface area contributed by atoms with Gasteiger partial charge >= 0.3 is 6.09 Å². The van der Waals surface area contributed by atoms with Gasteiger partial charge in [0.2, 0.25) is 12.2 Å². The number of amides is 2. The highest BCUT2D eigenvalue weighted by atomic mass is 16.8. The average molecular weight is 185 g/mol. The molecule has 13 heavy (non-hydrogen) atoms. The van der Waals surface area contributed by atoms with Crippen molar-refractivity contribution in [1.29, 1.82) is 0 Å². The van der Waals surface area contributed by atoms with Crippen molar-refractivity contribution in [2.75, 3.05) is 0 Å². The van der Waals surface area contributed by atoms with E-state index in [1.807, 2.05) is 13.8 Å². The highest BCUT2D eigenvalue weighted by molar-refractivity contribution is 5.92. The third-order valence-electron chi connectivity index (χ3n) is 2.42. The molecule has 2 unspecified atom stereocenters. The Morgan fingerprint density at radius 3 is 2.54 bits per heavy atom. The summed E-state index contributed by atoms with van der Waals surface area (Å²) in [4.78, 5) is 23.4. The van der Waals surface area contributed by atoms with E-state index < -0.39 is 18.0 Å². The Morgan fingerprint density at radius 1 is 1.54 bits per heavy atom. The number of ether oxygens (including phenoxy) is 2. The van der Waals surface area contributed by atoms with Gasteiger partial charge in [-0.25, -0.2) is 9.69 Å². The number of carbonyl (C=O) groups is 2. The molecule has 2 aliphatic heterocycles. The molecule has 5 nitrogen and oxygen atoms in total. The Balaban J connectivity index is 2.27. The van der Waals surface area contributed by atoms with Gasteiger partial charge in [-0.2, -0.15) is 0 Å². The van der Waals surface area contributed by atoms with Gasteiger partial charge in [0.05, 0.1) is 5.60 Å². The van der Waals surface area contributed by atoms with Crippen LogP contribution in [0.4, 0.5) is 4.79 Å². The van der Waals surface area contributed by atoms with E-state index in [2.05, 4.69) is 0 Å². The molecule has 5 heteroatoms. The number of rotatable bonds is 0. The second kappa shape index (κ2) is 2.23. The maximum Gasteiger partial charge on any atom is 0.419 e. The van der Waals surface area contributed by atoms with Gasteiger partial charge in [-0.3, -0.25) is 4.79 Å². The summed E-state index contributed by atoms with van der Waals surface area (Å²) < 4.78 is 10.1. The summed E-state index contributed by atoms with van der Waals surface area (Å²) in [6.45, 7) is 5.00. The third-order valence-corrected chi connectivity index (χ3v) is 2.42. The summed E-state index contributed by atoms with van der Waals surface area (Å²) in [6.07, 6.45) is -1.17. The monoisotopic (exact) mass is 185 g/mol. The lowest BCUT2D eigenvalue weighted by Crippen LogP contribution is -2.64. The van der Waals surface area contributed by atoms with Gasteiger partial charge in [-0.05, 0) is 13.8 Å². The fourth-order valence-corrected chi connectivity index (χ4v) is 1.80. The molecule has 0 aliphatic carbocycles. The number of nitrogens with zero attached hydrogens (tertiary/aromatic N) is 1. The largest absolute Gasteiger partial charge is 0.419 e. The Labute approximate surface area is 75.6 Å². The van der Waals surface area contributed by atoms with Crippen LogP contribution in [0.2, 0.25) is 0 Å². The molecule has 2 rings (SSSR count). The first-order chi connectivity index (χ1) is 5.93. The van der Waals surface area contributed by atoms with Gasteiger partial charge in [-0.1, -0.05) is 0 Å². The van der Waals surface area contributed by atoms with Crippen LogP contribution >= 0.6 is 0 Å². The van der Waals surface area contributed by atoms with Crippen LogP contribution in [0.5, 0.6) is 0 Å². The van der Waals surface area contributed by atoms with E-state index in [-0.39, 0.29) is 11.9 Å². The molecular weight excluding hydrogens is 174 g/mol. The van der Waals surface area contributed by atoms with E-state index >= 15 is 0 Å². The zero-order valence-corrected chi connectivity index (χ0v) is 7.73. The van der Waals surface area contributed by atoms with E-state index in [4.69, 9.17) is 9.47 Å². The van der Waals surface area contributed by atoms with Crippen LogP contribution in [0, 0.1) is 0 Å². The topological polar surface area (TPSA) is 55.8 Å². The van der Waals surface area contributed by atoms with Gasteiger partial charge < -0.3 is 9.47 Å². The van der Waals surface area contributed by atoms with E-state index in [1.165, 1.54) is 6.92 Å². The average Bonchev–Trinajstić information content (AvgIpc) is 2.23. The molecule has 2 fully saturated rings. The van der Waals surface area contributed by atoms with E-state index in [1.54, 1.807) is 0 Å². The van der Waals surface area contributed by atoms with Crippen LogP contribution in [-0.4, -0.2) is 34.8 Å². The molecule has 0 aromatic carbocycles. The van der Waals surface area contributed by atoms with Gasteiger partial charge in [0.15, 0.2) is 0 Å². The summed E-state index contributed by atoms with van der Waals surface area (Å²) >= 11 is 0. The van der Waals surface area contributed by atoms with Crippen molar-refractivity contribution in [3.8, 4) is 0 Å². The molecule has 0 spiro atoms. The van der Waals surface area contributed by atoms with Crippen molar-refractivity contribution in [3.05, 3.63) is 0 Å². The van der Waals surface area contributed by atoms with Crippen molar-refractivity contribution in [2.24, 2.45) is 0 Å². The van der Waals surface area contributed by atoms with Crippen LogP contribution in [0.25, 0.3) is 0 Å². The van der Waals surface area contributed by atoms with Crippen LogP contribution in [0.15, 0.2) is 0 Å². The normalized spacial score (nSPS) is 35.0. The van der Waals surface area contributed by atoms with Crippen LogP contribution in [0.3, 0.4) is 0 Å². The molecule has 0 aromatic rings. The van der Waals surface area contributed by atoms with Crippen molar-refractivity contribution in [2.45, 2.75) is 38.7 Å². The molecule has 0 radical (unpaired) electrons. The van der Waals surface area contributed by atoms with Crippen molar-refractivity contribution >= 4 is 12.0 Å². The number of carbonyl (C=O) groups excluding carboxylic acids is 2. The molecule has 0 bridgehead atoms. The zero-order valence-electron chi connectivity index (χ0n) is 7.73. The quantitative estimate of drug-likeness (QED) is 0.551. The maximum absolute atomic E-state index is 11.2. The predicted octanol–water partition coefficient (Wildman–Crippen LogP) is 0.489. The molecular formula is C8H11NO4. The van der Waals surface area contributed by atoms with Gasteiger partial charge in [-0.15, -0.1) is 0 Å². The van der Waals surface area contributed by atoms with Gasteiger partial charge in [0.1, 0.15) is 6.04 Å². The lowest BCUT2D eigenvalue weighted by atomic mass is 9.91. The zero-order chi connectivity index (χ0) is 9.80. The lowest BCUT2D eigenvalue weighted by molar-refractivity contribution is -0.281. The second-order valence-electron chi connectivity index (χ2n) is 3.81. The Morgan fingerprint density at radius 2 is 2.15 bits per heavy atom. The van der Waals surface area contributed by atoms with E-state index in [0.717, 1.165) is 4.90 Å². The highest BCUT2D eigenvalue weighted by Crippen LogP contribution is 2.41. The summed E-state index contributed by atoms with van der Waals surface area (Å²) in [6, 6.07) is -0.266. The lowest BCUT2D eigenvalue weighted by Gasteiger charge is -2.46. The molecule has 2 atom stereocenters. The summed E-state index contributed by atoms with van der Waals surface area (Å²) in [7, 11) is 0. The molecule has 0 aromatic heterocycles. The Kier molecular flexibility index (Phi) is 1.46. The summed E-state index contributed by atoms with van der Waals surface area (Å²) in [5.74, 6) is -0.297. The molecule has 2 aliphatic rings. The van der Waals surface area contributed by atoms with Crippen molar-refractivity contribution in [1.82, 2.24) is 4.90 Å². The second-order valence-corrected chi connectivity index (χ2v) is 3.81. The van der Waals surface area contributed by atoms with E-state index in [9.17, 15) is 9.59 Å². The third kappa shape index (κ3) is 0.966. The molecule has 2 saturated heterocycles. The van der Waals surface area contributed by atoms with Crippen LogP contribution < -0.4 is 0 Å². The molecule has 2 heterocycles. The standard InChI is InChI=1S/C8H11NO4/c1-4(10)9-5-6(12-7(9)11)13-8(5,2)3/h5-6H,1-3H3. The maximum atomic E-state index is 11.2. The minimum absolute atomic E-state index is 0.266. The van der Waals surface area contributed by atoms with Crippen molar-refractivity contribution in [3.63, 3.8) is 0 Å². The first-order valence-electron chi connectivity index (χ1n) is 4.12. The Hall–Kier alpha value is -1.10. The smallest absolute Gasteiger partial charge is 0.417 e. The van der Waals surface area contributed by atoms with Gasteiger partial charge in [0, 0.05) is 6.92 Å². The Bertz CT molecular complexity index is 286. The number of fused-ring (bicyclic) bond motifs is 1. The minimum atomic E-state index is -0.604. The first kappa shape index (κ1) is 8.50. The predicted molar refractivity (Wildman–Crippen MR) is 41.7 cm³/mol. The molecule has 2 amide bonds. The summed E-state index contributed by atoms with van der Waals surface area (Å²) in [5.41, 5.74) is -0.484. The SMILES string of the molecule is CC(=O)N1C(=O)OC2OC(C)(C)C21. The fourth-order valence-electron chi connectivity index (χ4n) is 1.80. The number of imide groups is 1. The fraction of sp³-hybridized carbons (Fsp3) is 0.750. The number of hydrogen-bond acceptors (Lipinski definition) is 4. The molecule has 0 saturated carbocycles. The molecule has 0 N–H and O–H groups in total. The minimum Gasteiger partial charge on any atom is -0.417 e. The van der Waals surface area contributed by atoms with Crippen LogP contribution in [0.1, 0.15) is 20.8 Å². The van der Waals surface area contributed by atoms with Crippen molar-refractivity contribution < 1.29 is 19.1 Å². The number of hydrogen-bond donors (Lipinski definition) is 0. The molecule has 72 valence electrons. The summed E-state index contributed by atoms with van der Waals surface area (Å²) in [5, 5.41) is 0. The van der Waals surface area contributed by atoms with Gasteiger partial charge in [0.25, 0.3) is 0 Å². The van der Waals surface area contributed by atoms with E-state index in [0.29, 0.717) is 0 Å². The van der Waals surface area contributed by atoms with Crippen LogP contribution in [-0.2, 0) is 14.3 Å². The highest BCUT2D eigenvalue weighted by Gasteiger charge is 2.62. The first-order valence-corrected chi connectivity index (χ1v) is 4.12.